The lowest BCUT2D eigenvalue weighted by atomic mass is 10.2. The number of aryl methyl sites for hydroxylation is 1. The van der Waals surface area contributed by atoms with Gasteiger partial charge in [-0.1, -0.05) is 38.8 Å². The van der Waals surface area contributed by atoms with Crippen molar-refractivity contribution < 1.29 is 23.1 Å². The van der Waals surface area contributed by atoms with Crippen molar-refractivity contribution in [3.63, 3.8) is 0 Å². The summed E-state index contributed by atoms with van der Waals surface area (Å²) in [5, 5.41) is 2.69. The van der Waals surface area contributed by atoms with Gasteiger partial charge in [0.2, 0.25) is 0 Å². The summed E-state index contributed by atoms with van der Waals surface area (Å²) < 4.78 is 23.0. The number of benzene rings is 1. The zero-order valence-corrected chi connectivity index (χ0v) is 23.1. The maximum absolute atomic E-state index is 11.7. The van der Waals surface area contributed by atoms with Crippen molar-refractivity contribution in [1.29, 1.82) is 0 Å². The van der Waals surface area contributed by atoms with E-state index in [4.69, 9.17) is 18.3 Å². The smallest absolute Gasteiger partial charge is 0.407 e. The predicted molar refractivity (Wildman–Crippen MR) is 137 cm³/mol. The molecule has 8 heteroatoms. The standard InChI is InChI=1S/C24H45NO5Si2/c1-7-9-19-31(3,4)30-32(5,6)20-11-15-27-17-18-29-24(26)25-14-16-28-23-13-10-12-22(8-2)21-23/h10,12-13,21H,7-9,11,14-20H2,1-6H3,(H,25,26). The molecule has 0 aliphatic carbocycles. The van der Waals surface area contributed by atoms with Crippen LogP contribution in [0.3, 0.4) is 0 Å². The van der Waals surface area contributed by atoms with Gasteiger partial charge in [-0.2, -0.15) is 0 Å². The van der Waals surface area contributed by atoms with Crippen LogP contribution in [0.15, 0.2) is 24.3 Å². The first kappa shape index (κ1) is 28.7. The monoisotopic (exact) mass is 483 g/mol. The fraction of sp³-hybridized carbons (Fsp3) is 0.708. The highest BCUT2D eigenvalue weighted by Gasteiger charge is 2.31. The Morgan fingerprint density at radius 3 is 2.34 bits per heavy atom. The Kier molecular flexibility index (Phi) is 13.9. The number of hydrogen-bond acceptors (Lipinski definition) is 5. The molecule has 0 saturated heterocycles. The zero-order chi connectivity index (χ0) is 23.9. The molecule has 184 valence electrons. The second-order valence-electron chi connectivity index (χ2n) is 9.35. The minimum absolute atomic E-state index is 0.250. The Labute approximate surface area is 197 Å². The van der Waals surface area contributed by atoms with Gasteiger partial charge in [0.25, 0.3) is 0 Å². The Balaban J connectivity index is 2.04. The lowest BCUT2D eigenvalue weighted by molar-refractivity contribution is 0.0724. The summed E-state index contributed by atoms with van der Waals surface area (Å²) in [5.41, 5.74) is 1.23. The summed E-state index contributed by atoms with van der Waals surface area (Å²) in [6.07, 6.45) is 4.01. The van der Waals surface area contributed by atoms with Gasteiger partial charge < -0.3 is 23.6 Å². The van der Waals surface area contributed by atoms with Crippen LogP contribution in [-0.4, -0.2) is 55.7 Å². The highest BCUT2D eigenvalue weighted by Crippen LogP contribution is 2.24. The molecule has 0 heterocycles. The first-order valence-corrected chi connectivity index (χ1v) is 18.3. The molecule has 0 atom stereocenters. The lowest BCUT2D eigenvalue weighted by Gasteiger charge is -2.34. The third-order valence-electron chi connectivity index (χ3n) is 5.16. The Morgan fingerprint density at radius 2 is 1.66 bits per heavy atom. The molecule has 1 aromatic carbocycles. The fourth-order valence-corrected chi connectivity index (χ4v) is 12.6. The van der Waals surface area contributed by atoms with E-state index in [9.17, 15) is 4.79 Å². The summed E-state index contributed by atoms with van der Waals surface area (Å²) in [6, 6.07) is 10.3. The highest BCUT2D eigenvalue weighted by atomic mass is 28.4. The Bertz CT molecular complexity index is 655. The highest BCUT2D eigenvalue weighted by molar-refractivity contribution is 6.84. The lowest BCUT2D eigenvalue weighted by Crippen LogP contribution is -2.44. The maximum atomic E-state index is 11.7. The van der Waals surface area contributed by atoms with Gasteiger partial charge in [-0.05, 0) is 68.8 Å². The second-order valence-corrected chi connectivity index (χ2v) is 18.2. The van der Waals surface area contributed by atoms with Crippen LogP contribution in [0.5, 0.6) is 5.75 Å². The van der Waals surface area contributed by atoms with Crippen molar-refractivity contribution in [2.75, 3.05) is 33.0 Å². The summed E-state index contributed by atoms with van der Waals surface area (Å²) in [7, 11) is -3.19. The number of hydrogen-bond donors (Lipinski definition) is 1. The summed E-state index contributed by atoms with van der Waals surface area (Å²) in [6.45, 7) is 15.8. The largest absolute Gasteiger partial charge is 0.492 e. The van der Waals surface area contributed by atoms with Crippen LogP contribution in [0.1, 0.15) is 38.7 Å². The van der Waals surface area contributed by atoms with Gasteiger partial charge in [0.1, 0.15) is 19.0 Å². The number of ether oxygens (including phenoxy) is 3. The second kappa shape index (κ2) is 15.5. The van der Waals surface area contributed by atoms with Crippen molar-refractivity contribution >= 4 is 22.7 Å². The normalized spacial score (nSPS) is 11.9. The molecular weight excluding hydrogens is 438 g/mol. The quantitative estimate of drug-likeness (QED) is 0.218. The molecule has 0 bridgehead atoms. The minimum Gasteiger partial charge on any atom is -0.492 e. The fourth-order valence-electron chi connectivity index (χ4n) is 3.58. The molecule has 32 heavy (non-hydrogen) atoms. The van der Waals surface area contributed by atoms with E-state index >= 15 is 0 Å². The average Bonchev–Trinajstić information content (AvgIpc) is 2.74. The molecule has 1 amide bonds. The van der Waals surface area contributed by atoms with E-state index in [0.29, 0.717) is 26.4 Å². The van der Waals surface area contributed by atoms with Crippen LogP contribution in [0.25, 0.3) is 0 Å². The van der Waals surface area contributed by atoms with E-state index in [1.54, 1.807) is 0 Å². The van der Waals surface area contributed by atoms with E-state index in [1.165, 1.54) is 24.4 Å². The molecule has 0 radical (unpaired) electrons. The topological polar surface area (TPSA) is 66.0 Å². The van der Waals surface area contributed by atoms with Crippen molar-refractivity contribution in [2.24, 2.45) is 0 Å². The van der Waals surface area contributed by atoms with Crippen LogP contribution in [0, 0.1) is 0 Å². The molecule has 1 N–H and O–H groups in total. The average molecular weight is 484 g/mol. The van der Waals surface area contributed by atoms with Gasteiger partial charge >= 0.3 is 6.09 Å². The number of alkyl carbamates (subject to hydrolysis) is 1. The van der Waals surface area contributed by atoms with Gasteiger partial charge in [0, 0.05) is 6.61 Å². The van der Waals surface area contributed by atoms with E-state index in [0.717, 1.165) is 24.6 Å². The van der Waals surface area contributed by atoms with E-state index in [2.05, 4.69) is 51.4 Å². The molecule has 0 saturated carbocycles. The molecule has 0 aliphatic rings. The van der Waals surface area contributed by atoms with Crippen LogP contribution in [0.4, 0.5) is 4.79 Å². The molecule has 0 aromatic heterocycles. The van der Waals surface area contributed by atoms with Crippen LogP contribution in [0.2, 0.25) is 38.3 Å². The van der Waals surface area contributed by atoms with Gasteiger partial charge in [-0.25, -0.2) is 4.79 Å². The Hall–Kier alpha value is -1.36. The van der Waals surface area contributed by atoms with Crippen LogP contribution < -0.4 is 10.1 Å². The number of nitrogens with one attached hydrogen (secondary N) is 1. The van der Waals surface area contributed by atoms with Gasteiger partial charge in [0.05, 0.1) is 13.2 Å². The van der Waals surface area contributed by atoms with E-state index < -0.39 is 22.7 Å². The third kappa shape index (κ3) is 13.9. The molecular formula is C24H45NO5Si2. The minimum atomic E-state index is -1.65. The first-order valence-electron chi connectivity index (χ1n) is 12.1. The van der Waals surface area contributed by atoms with Crippen molar-refractivity contribution in [1.82, 2.24) is 5.32 Å². The van der Waals surface area contributed by atoms with Gasteiger partial charge in [-0.3, -0.25) is 0 Å². The molecule has 0 aliphatic heterocycles. The van der Waals surface area contributed by atoms with Crippen molar-refractivity contribution in [3.05, 3.63) is 29.8 Å². The van der Waals surface area contributed by atoms with Crippen molar-refractivity contribution in [3.8, 4) is 5.75 Å². The molecule has 1 aromatic rings. The number of unbranched alkanes of at least 4 members (excludes halogenated alkanes) is 1. The van der Waals surface area contributed by atoms with Crippen LogP contribution in [-0.2, 0) is 20.0 Å². The molecule has 1 rings (SSSR count). The summed E-state index contributed by atoms with van der Waals surface area (Å²) in [5.74, 6) is 0.816. The maximum Gasteiger partial charge on any atom is 0.407 e. The number of carbonyl (C=O) groups is 1. The number of rotatable bonds is 17. The number of carbonyl (C=O) groups excluding carboxylic acids is 1. The van der Waals surface area contributed by atoms with Gasteiger partial charge in [0.15, 0.2) is 16.6 Å². The molecule has 0 unspecified atom stereocenters. The van der Waals surface area contributed by atoms with E-state index in [1.807, 2.05) is 18.2 Å². The van der Waals surface area contributed by atoms with Crippen molar-refractivity contribution in [2.45, 2.75) is 77.8 Å². The Morgan fingerprint density at radius 1 is 0.938 bits per heavy atom. The summed E-state index contributed by atoms with van der Waals surface area (Å²) >= 11 is 0. The van der Waals surface area contributed by atoms with Crippen LogP contribution >= 0.6 is 0 Å². The molecule has 0 spiro atoms. The number of amides is 1. The van der Waals surface area contributed by atoms with E-state index in [-0.39, 0.29) is 6.61 Å². The molecule has 0 fully saturated rings. The summed E-state index contributed by atoms with van der Waals surface area (Å²) in [4.78, 5) is 11.7. The molecule has 6 nitrogen and oxygen atoms in total. The van der Waals surface area contributed by atoms with Gasteiger partial charge in [-0.15, -0.1) is 0 Å². The first-order chi connectivity index (χ1) is 15.2. The zero-order valence-electron chi connectivity index (χ0n) is 21.1. The predicted octanol–water partition coefficient (Wildman–Crippen LogP) is 5.99. The third-order valence-corrected chi connectivity index (χ3v) is 12.7. The SMILES string of the molecule is CCCC[Si](C)(C)O[Si](C)(C)CCCOCCOC(=O)NCCOc1cccc(CC)c1.